The minimum absolute atomic E-state index is 0.180. The minimum Gasteiger partial charge on any atom is -0.343 e. The summed E-state index contributed by atoms with van der Waals surface area (Å²) in [4.78, 5) is 14.1. The molecule has 3 rings (SSSR count). The monoisotopic (exact) mass is 252 g/mol. The smallest absolute Gasteiger partial charge is 0.231 e. The fourth-order valence-electron chi connectivity index (χ4n) is 2.73. The molecule has 0 saturated carbocycles. The third-order valence-electron chi connectivity index (χ3n) is 3.82. The van der Waals surface area contributed by atoms with E-state index in [9.17, 15) is 4.79 Å². The van der Waals surface area contributed by atoms with E-state index in [4.69, 9.17) is 0 Å². The Hall–Kier alpha value is -1.97. The molecule has 0 aliphatic carbocycles. The zero-order valence-electron chi connectivity index (χ0n) is 11.4. The molecule has 4 heteroatoms. The van der Waals surface area contributed by atoms with Gasteiger partial charge < -0.3 is 9.47 Å². The fourth-order valence-corrected chi connectivity index (χ4v) is 2.73. The number of carbonyl (C=O) groups is 1. The Balaban J connectivity index is 2.15. The molecule has 96 valence electrons. The summed E-state index contributed by atoms with van der Waals surface area (Å²) in [5, 5.41) is 0. The van der Waals surface area contributed by atoms with Gasteiger partial charge in [-0.1, -0.05) is 25.0 Å². The first-order chi connectivity index (χ1) is 9.20. The molecule has 0 fully saturated rings. The molecule has 1 amide bonds. The quantitative estimate of drug-likeness (QED) is 0.716. The van der Waals surface area contributed by atoms with E-state index in [0.29, 0.717) is 13.8 Å². The summed E-state index contributed by atoms with van der Waals surface area (Å²) in [5.74, 6) is 0.180. The molecule has 1 aliphatic heterocycles. The van der Waals surface area contributed by atoms with E-state index in [2.05, 4.69) is 29.7 Å². The Morgan fingerprint density at radius 3 is 2.74 bits per heavy atom. The van der Waals surface area contributed by atoms with E-state index in [-0.39, 0.29) is 5.81 Å². The highest BCUT2D eigenvalue weighted by Gasteiger charge is 2.23. The van der Waals surface area contributed by atoms with Gasteiger partial charge in [-0.15, -0.1) is 0 Å². The molecule has 3 nitrogen and oxygen atoms in total. The van der Waals surface area contributed by atoms with Crippen molar-refractivity contribution in [2.24, 2.45) is 0 Å². The number of anilines is 1. The van der Waals surface area contributed by atoms with Crippen molar-refractivity contribution in [3.63, 3.8) is 0 Å². The van der Waals surface area contributed by atoms with Crippen molar-refractivity contribution in [1.82, 2.24) is 4.57 Å². The van der Waals surface area contributed by atoms with E-state index in [0.717, 1.165) is 12.2 Å². The van der Waals surface area contributed by atoms with Crippen LogP contribution in [0.25, 0.3) is 0 Å². The highest BCUT2D eigenvalue weighted by molar-refractivity contribution is 6.74. The zero-order valence-corrected chi connectivity index (χ0v) is 11.4. The fraction of sp³-hybridized carbons (Fsp3) is 0.267. The van der Waals surface area contributed by atoms with Crippen molar-refractivity contribution < 1.29 is 4.79 Å². The first-order valence-corrected chi connectivity index (χ1v) is 6.74. The number of para-hydroxylation sites is 1. The highest BCUT2D eigenvalue weighted by Crippen LogP contribution is 2.28. The molecule has 1 aromatic heterocycles. The van der Waals surface area contributed by atoms with Crippen LogP contribution in [-0.2, 0) is 13.1 Å². The van der Waals surface area contributed by atoms with Crippen molar-refractivity contribution in [2.75, 3.05) is 4.90 Å². The zero-order chi connectivity index (χ0) is 13.4. The van der Waals surface area contributed by atoms with Crippen LogP contribution in [0.5, 0.6) is 0 Å². The summed E-state index contributed by atoms with van der Waals surface area (Å²) in [7, 11) is 0.536. The normalized spacial score (nSPS) is 13.5. The maximum absolute atomic E-state index is 12.2. The van der Waals surface area contributed by atoms with Gasteiger partial charge in [0.2, 0.25) is 7.28 Å². The number of benzene rings is 1. The summed E-state index contributed by atoms with van der Waals surface area (Å²) in [5.41, 5.74) is 4.71. The molecule has 2 aromatic rings. The van der Waals surface area contributed by atoms with Gasteiger partial charge in [0.15, 0.2) is 5.81 Å². The van der Waals surface area contributed by atoms with Gasteiger partial charge in [0.25, 0.3) is 0 Å². The maximum Gasteiger partial charge on any atom is 0.231 e. The van der Waals surface area contributed by atoms with Gasteiger partial charge in [-0.2, -0.15) is 0 Å². The SMILES string of the molecule is CBC(=O)N1Cc2ccc(C)n2Cc2ccccc21. The van der Waals surface area contributed by atoms with E-state index < -0.39 is 0 Å². The van der Waals surface area contributed by atoms with Crippen LogP contribution in [0, 0.1) is 6.92 Å². The molecule has 0 saturated heterocycles. The maximum atomic E-state index is 12.2. The molecular weight excluding hydrogens is 235 g/mol. The predicted molar refractivity (Wildman–Crippen MR) is 79.3 cm³/mol. The lowest BCUT2D eigenvalue weighted by molar-refractivity contribution is 0.263. The first-order valence-electron chi connectivity index (χ1n) is 6.74. The summed E-state index contributed by atoms with van der Waals surface area (Å²) in [6.07, 6.45) is 0. The predicted octanol–water partition coefficient (Wildman–Crippen LogP) is 2.77. The summed E-state index contributed by atoms with van der Waals surface area (Å²) < 4.78 is 2.29. The number of nitrogens with zero attached hydrogens (tertiary/aromatic N) is 2. The molecule has 1 aromatic carbocycles. The van der Waals surface area contributed by atoms with Crippen LogP contribution in [-0.4, -0.2) is 17.7 Å². The van der Waals surface area contributed by atoms with E-state index in [1.165, 1.54) is 17.0 Å². The summed E-state index contributed by atoms with van der Waals surface area (Å²) in [6.45, 7) is 5.54. The molecule has 19 heavy (non-hydrogen) atoms. The van der Waals surface area contributed by atoms with Gasteiger partial charge in [0, 0.05) is 23.6 Å². The number of hydrogen-bond acceptors (Lipinski definition) is 1. The van der Waals surface area contributed by atoms with Crippen molar-refractivity contribution in [1.29, 1.82) is 0 Å². The lowest BCUT2D eigenvalue weighted by Crippen LogP contribution is -2.32. The second kappa shape index (κ2) is 4.61. The molecule has 0 spiro atoms. The third-order valence-corrected chi connectivity index (χ3v) is 3.82. The standard InChI is InChI=1S/C15H17BN2O/c1-11-7-8-13-10-18(15(19)16-2)14-6-4-3-5-12(14)9-17(11)13/h3-8,16H,9-10H2,1-2H3. The van der Waals surface area contributed by atoms with Crippen LogP contribution in [0.4, 0.5) is 10.5 Å². The number of aromatic nitrogens is 1. The van der Waals surface area contributed by atoms with Crippen molar-refractivity contribution in [3.8, 4) is 0 Å². The first kappa shape index (κ1) is 12.1. The van der Waals surface area contributed by atoms with Crippen LogP contribution in [0.3, 0.4) is 0 Å². The molecule has 0 unspecified atom stereocenters. The molecule has 2 heterocycles. The van der Waals surface area contributed by atoms with Crippen LogP contribution >= 0.6 is 0 Å². The van der Waals surface area contributed by atoms with Crippen molar-refractivity contribution >= 4 is 18.8 Å². The van der Waals surface area contributed by atoms with E-state index >= 15 is 0 Å². The van der Waals surface area contributed by atoms with Crippen LogP contribution in [0.2, 0.25) is 6.82 Å². The molecular formula is C15H17BN2O. The average Bonchev–Trinajstić information content (AvgIpc) is 2.69. The topological polar surface area (TPSA) is 25.2 Å². The Labute approximate surface area is 114 Å². The average molecular weight is 252 g/mol. The van der Waals surface area contributed by atoms with Crippen molar-refractivity contribution in [2.45, 2.75) is 26.8 Å². The lowest BCUT2D eigenvalue weighted by Gasteiger charge is -2.22. The molecule has 0 atom stereocenters. The number of amides is 1. The van der Waals surface area contributed by atoms with E-state index in [1.54, 1.807) is 0 Å². The lowest BCUT2D eigenvalue weighted by atomic mass is 9.80. The number of carbonyl (C=O) groups excluding carboxylic acids is 1. The van der Waals surface area contributed by atoms with Crippen LogP contribution < -0.4 is 4.90 Å². The van der Waals surface area contributed by atoms with E-state index in [1.807, 2.05) is 29.9 Å². The molecule has 0 radical (unpaired) electrons. The van der Waals surface area contributed by atoms with Gasteiger partial charge >= 0.3 is 0 Å². The Kier molecular flexibility index (Phi) is 2.93. The van der Waals surface area contributed by atoms with Crippen LogP contribution in [0.1, 0.15) is 17.0 Å². The molecule has 0 bridgehead atoms. The molecule has 0 N–H and O–H groups in total. The molecule has 1 aliphatic rings. The number of rotatable bonds is 1. The van der Waals surface area contributed by atoms with Gasteiger partial charge in [-0.3, -0.25) is 4.79 Å². The number of aryl methyl sites for hydroxylation is 1. The summed E-state index contributed by atoms with van der Waals surface area (Å²) in [6, 6.07) is 12.4. The number of hydrogen-bond donors (Lipinski definition) is 0. The van der Waals surface area contributed by atoms with Crippen LogP contribution in [0.15, 0.2) is 36.4 Å². The van der Waals surface area contributed by atoms with Gasteiger partial charge in [-0.25, -0.2) is 0 Å². The second-order valence-corrected chi connectivity index (χ2v) is 5.01. The van der Waals surface area contributed by atoms with Gasteiger partial charge in [0.05, 0.1) is 6.54 Å². The van der Waals surface area contributed by atoms with Gasteiger partial charge in [-0.05, 0) is 30.7 Å². The Morgan fingerprint density at radius 2 is 1.95 bits per heavy atom. The Bertz CT molecular complexity index is 633. The Morgan fingerprint density at radius 1 is 1.16 bits per heavy atom. The van der Waals surface area contributed by atoms with Crippen molar-refractivity contribution in [3.05, 3.63) is 53.3 Å². The van der Waals surface area contributed by atoms with Gasteiger partial charge in [0.1, 0.15) is 0 Å². The summed E-state index contributed by atoms with van der Waals surface area (Å²) >= 11 is 0. The second-order valence-electron chi connectivity index (χ2n) is 5.01. The minimum atomic E-state index is 0.180. The largest absolute Gasteiger partial charge is 0.343 e. The number of fused-ring (bicyclic) bond motifs is 2. The highest BCUT2D eigenvalue weighted by atomic mass is 16.2. The third kappa shape index (κ3) is 1.97.